The van der Waals surface area contributed by atoms with E-state index >= 15 is 0 Å². The molecule has 7 heteroatoms. The largest absolute Gasteiger partial charge is 0.497 e. The second-order valence-electron chi connectivity index (χ2n) is 4.56. The van der Waals surface area contributed by atoms with Gasteiger partial charge in [0.15, 0.2) is 0 Å². The number of hydrogen-bond acceptors (Lipinski definition) is 5. The molecule has 0 unspecified atom stereocenters. The summed E-state index contributed by atoms with van der Waals surface area (Å²) in [5, 5.41) is 2.82. The average molecular weight is 349 g/mol. The normalized spacial score (nSPS) is 11.2. The molecule has 0 saturated heterocycles. The van der Waals surface area contributed by atoms with Gasteiger partial charge in [0, 0.05) is 6.54 Å². The van der Waals surface area contributed by atoms with Gasteiger partial charge in [-0.3, -0.25) is 4.79 Å². The zero-order chi connectivity index (χ0) is 15.5. The van der Waals surface area contributed by atoms with Crippen LogP contribution < -0.4 is 20.5 Å². The Morgan fingerprint density at radius 3 is 2.55 bits per heavy atom. The lowest BCUT2D eigenvalue weighted by Crippen LogP contribution is -2.41. The van der Waals surface area contributed by atoms with Gasteiger partial charge >= 0.3 is 0 Å². The third kappa shape index (κ3) is 8.36. The molecule has 0 fully saturated rings. The van der Waals surface area contributed by atoms with Crippen LogP contribution in [0.4, 0.5) is 0 Å². The molecule has 1 aromatic rings. The number of hydrogen-bond donors (Lipinski definition) is 2. The first-order chi connectivity index (χ1) is 10.2. The lowest BCUT2D eigenvalue weighted by atomic mass is 10.2. The quantitative estimate of drug-likeness (QED) is 0.633. The number of methoxy groups -OCH3 is 1. The number of ether oxygens (including phenoxy) is 2. The summed E-state index contributed by atoms with van der Waals surface area (Å²) in [4.78, 5) is 11.7. The molecule has 0 radical (unpaired) electrons. The smallest absolute Gasteiger partial charge is 0.236 e. The Hall–Kier alpha value is -1.11. The highest BCUT2D eigenvalue weighted by molar-refractivity contribution is 7.98. The van der Waals surface area contributed by atoms with Gasteiger partial charge < -0.3 is 20.5 Å². The van der Waals surface area contributed by atoms with Crippen molar-refractivity contribution < 1.29 is 14.3 Å². The first-order valence-electron chi connectivity index (χ1n) is 6.96. The molecule has 22 heavy (non-hydrogen) atoms. The maximum Gasteiger partial charge on any atom is 0.236 e. The van der Waals surface area contributed by atoms with E-state index in [2.05, 4.69) is 5.32 Å². The summed E-state index contributed by atoms with van der Waals surface area (Å²) < 4.78 is 10.6. The summed E-state index contributed by atoms with van der Waals surface area (Å²) in [7, 11) is 1.63. The number of nitrogens with two attached hydrogens (primary N) is 1. The van der Waals surface area contributed by atoms with Crippen molar-refractivity contribution in [3.8, 4) is 11.5 Å². The minimum absolute atomic E-state index is 0. The summed E-state index contributed by atoms with van der Waals surface area (Å²) in [5.74, 6) is 2.40. The average Bonchev–Trinajstić information content (AvgIpc) is 2.52. The monoisotopic (exact) mass is 348 g/mol. The minimum Gasteiger partial charge on any atom is -0.497 e. The second kappa shape index (κ2) is 12.4. The maximum absolute atomic E-state index is 11.7. The van der Waals surface area contributed by atoms with E-state index in [4.69, 9.17) is 15.2 Å². The van der Waals surface area contributed by atoms with Gasteiger partial charge in [0.25, 0.3) is 0 Å². The summed E-state index contributed by atoms with van der Waals surface area (Å²) in [6.45, 7) is 1.12. The van der Waals surface area contributed by atoms with Gasteiger partial charge in [0.2, 0.25) is 5.91 Å². The number of thioether (sulfide) groups is 1. The molecule has 0 aliphatic heterocycles. The van der Waals surface area contributed by atoms with Crippen molar-refractivity contribution in [1.82, 2.24) is 5.32 Å². The zero-order valence-corrected chi connectivity index (χ0v) is 14.7. The number of carbonyl (C=O) groups excluding carboxylic acids is 1. The third-order valence-corrected chi connectivity index (χ3v) is 3.56. The Morgan fingerprint density at radius 2 is 1.95 bits per heavy atom. The minimum atomic E-state index is -0.417. The van der Waals surface area contributed by atoms with E-state index < -0.39 is 6.04 Å². The molecular weight excluding hydrogens is 324 g/mol. The third-order valence-electron chi connectivity index (χ3n) is 2.92. The molecule has 126 valence electrons. The van der Waals surface area contributed by atoms with Gasteiger partial charge in [-0.1, -0.05) is 0 Å². The van der Waals surface area contributed by atoms with Crippen molar-refractivity contribution in [3.05, 3.63) is 24.3 Å². The van der Waals surface area contributed by atoms with Crippen LogP contribution in [0.2, 0.25) is 0 Å². The summed E-state index contributed by atoms with van der Waals surface area (Å²) >= 11 is 1.69. The van der Waals surface area contributed by atoms with E-state index in [0.717, 1.165) is 23.7 Å². The van der Waals surface area contributed by atoms with E-state index in [0.29, 0.717) is 19.6 Å². The van der Waals surface area contributed by atoms with E-state index in [9.17, 15) is 4.79 Å². The molecule has 3 N–H and O–H groups in total. The highest BCUT2D eigenvalue weighted by atomic mass is 35.5. The Bertz CT molecular complexity index is 418. The van der Waals surface area contributed by atoms with Gasteiger partial charge in [-0.05, 0) is 49.1 Å². The topological polar surface area (TPSA) is 73.6 Å². The Morgan fingerprint density at radius 1 is 1.32 bits per heavy atom. The summed E-state index contributed by atoms with van der Waals surface area (Å²) in [6.07, 6.45) is 3.45. The fraction of sp³-hybridized carbons (Fsp3) is 0.533. The van der Waals surface area contributed by atoms with Gasteiger partial charge in [-0.15, -0.1) is 12.4 Å². The highest BCUT2D eigenvalue weighted by Crippen LogP contribution is 2.16. The first-order valence-corrected chi connectivity index (χ1v) is 8.36. The summed E-state index contributed by atoms with van der Waals surface area (Å²) in [5.41, 5.74) is 5.77. The van der Waals surface area contributed by atoms with Crippen LogP contribution in [0.3, 0.4) is 0 Å². The standard InChI is InChI=1S/C15H24N2O3S.ClH/c1-19-12-4-6-13(7-5-12)20-10-3-9-17-15(18)14(16)8-11-21-2;/h4-7,14H,3,8-11,16H2,1-2H3,(H,17,18);1H/t14-;/m0./s1. The number of halogens is 1. The molecule has 0 bridgehead atoms. The Balaban J connectivity index is 0.00000441. The van der Waals surface area contributed by atoms with Crippen molar-refractivity contribution in [2.24, 2.45) is 5.73 Å². The van der Waals surface area contributed by atoms with Crippen molar-refractivity contribution in [2.45, 2.75) is 18.9 Å². The van der Waals surface area contributed by atoms with Crippen LogP contribution in [-0.2, 0) is 4.79 Å². The van der Waals surface area contributed by atoms with Crippen molar-refractivity contribution in [2.75, 3.05) is 32.3 Å². The first kappa shape index (κ1) is 20.9. The van der Waals surface area contributed by atoms with E-state index in [-0.39, 0.29) is 18.3 Å². The van der Waals surface area contributed by atoms with Crippen molar-refractivity contribution >= 4 is 30.1 Å². The van der Waals surface area contributed by atoms with Crippen LogP contribution in [0.5, 0.6) is 11.5 Å². The molecule has 0 aliphatic rings. The Kier molecular flexibility index (Phi) is 11.8. The lowest BCUT2D eigenvalue weighted by molar-refractivity contribution is -0.122. The number of benzene rings is 1. The maximum atomic E-state index is 11.7. The molecule has 1 rings (SSSR count). The molecule has 0 saturated carbocycles. The molecule has 1 amide bonds. The van der Waals surface area contributed by atoms with E-state index in [1.165, 1.54) is 0 Å². The van der Waals surface area contributed by atoms with Gasteiger partial charge in [-0.25, -0.2) is 0 Å². The molecule has 5 nitrogen and oxygen atoms in total. The van der Waals surface area contributed by atoms with Crippen molar-refractivity contribution in [3.63, 3.8) is 0 Å². The number of nitrogens with one attached hydrogen (secondary N) is 1. The number of amides is 1. The number of rotatable bonds is 10. The van der Waals surface area contributed by atoms with E-state index in [1.807, 2.05) is 30.5 Å². The molecule has 0 heterocycles. The van der Waals surface area contributed by atoms with Gasteiger partial charge in [0.05, 0.1) is 19.8 Å². The summed E-state index contributed by atoms with van der Waals surface area (Å²) in [6, 6.07) is 7.00. The molecular formula is C15H25ClN2O3S. The second-order valence-corrected chi connectivity index (χ2v) is 5.54. The molecule has 1 atom stereocenters. The molecule has 1 aromatic carbocycles. The molecule has 0 aliphatic carbocycles. The van der Waals surface area contributed by atoms with Crippen LogP contribution >= 0.6 is 24.2 Å². The molecule has 0 aromatic heterocycles. The van der Waals surface area contributed by atoms with Crippen LogP contribution in [-0.4, -0.2) is 44.2 Å². The molecule has 0 spiro atoms. The predicted molar refractivity (Wildman–Crippen MR) is 94.3 cm³/mol. The zero-order valence-electron chi connectivity index (χ0n) is 13.0. The van der Waals surface area contributed by atoms with Crippen LogP contribution in [0.25, 0.3) is 0 Å². The lowest BCUT2D eigenvalue weighted by Gasteiger charge is -2.12. The number of carbonyl (C=O) groups is 1. The fourth-order valence-corrected chi connectivity index (χ4v) is 2.14. The van der Waals surface area contributed by atoms with Gasteiger partial charge in [0.1, 0.15) is 11.5 Å². The van der Waals surface area contributed by atoms with E-state index in [1.54, 1.807) is 18.9 Å². The highest BCUT2D eigenvalue weighted by Gasteiger charge is 2.11. The van der Waals surface area contributed by atoms with Crippen LogP contribution in [0.1, 0.15) is 12.8 Å². The van der Waals surface area contributed by atoms with Crippen LogP contribution in [0.15, 0.2) is 24.3 Å². The fourth-order valence-electron chi connectivity index (χ4n) is 1.65. The SMILES string of the molecule is COc1ccc(OCCCNC(=O)[C@@H](N)CCSC)cc1.Cl. The predicted octanol–water partition coefficient (Wildman–Crippen LogP) is 2.08. The van der Waals surface area contributed by atoms with Crippen LogP contribution in [0, 0.1) is 0 Å². The Labute approximate surface area is 142 Å². The van der Waals surface area contributed by atoms with Crippen molar-refractivity contribution in [1.29, 1.82) is 0 Å². The van der Waals surface area contributed by atoms with Gasteiger partial charge in [-0.2, -0.15) is 11.8 Å².